The number of rotatable bonds is 3. The number of aromatic nitrogens is 1. The average Bonchev–Trinajstić information content (AvgIpc) is 2.40. The SMILES string of the molecule is Cc1cccc(COC(=O)c2cc(N)cc(C)c2F)n1. The normalized spacial score (nSPS) is 10.3. The zero-order valence-electron chi connectivity index (χ0n) is 11.3. The molecule has 0 bridgehead atoms. The number of hydrogen-bond donors (Lipinski definition) is 1. The molecule has 0 aliphatic heterocycles. The molecule has 1 heterocycles. The molecule has 2 rings (SSSR count). The number of nitrogens with two attached hydrogens (primary N) is 1. The highest BCUT2D eigenvalue weighted by Crippen LogP contribution is 2.18. The molecule has 0 atom stereocenters. The van der Waals surface area contributed by atoms with Gasteiger partial charge in [0.15, 0.2) is 0 Å². The van der Waals surface area contributed by atoms with Gasteiger partial charge in [-0.25, -0.2) is 9.18 Å². The Morgan fingerprint density at radius 1 is 1.35 bits per heavy atom. The Morgan fingerprint density at radius 2 is 2.10 bits per heavy atom. The first kappa shape index (κ1) is 14.0. The van der Waals surface area contributed by atoms with Crippen molar-refractivity contribution in [2.75, 3.05) is 5.73 Å². The van der Waals surface area contributed by atoms with E-state index in [9.17, 15) is 9.18 Å². The van der Waals surface area contributed by atoms with Gasteiger partial charge in [0, 0.05) is 11.4 Å². The summed E-state index contributed by atoms with van der Waals surface area (Å²) < 4.78 is 18.9. The van der Waals surface area contributed by atoms with Crippen LogP contribution in [-0.4, -0.2) is 11.0 Å². The van der Waals surface area contributed by atoms with E-state index in [0.29, 0.717) is 16.9 Å². The number of halogens is 1. The molecular weight excluding hydrogens is 259 g/mol. The van der Waals surface area contributed by atoms with E-state index >= 15 is 0 Å². The van der Waals surface area contributed by atoms with Crippen LogP contribution < -0.4 is 5.73 Å². The Kier molecular flexibility index (Phi) is 3.98. The van der Waals surface area contributed by atoms with E-state index in [4.69, 9.17) is 10.5 Å². The third-order valence-corrected chi connectivity index (χ3v) is 2.79. The molecule has 0 saturated carbocycles. The van der Waals surface area contributed by atoms with Crippen molar-refractivity contribution in [2.24, 2.45) is 0 Å². The fourth-order valence-electron chi connectivity index (χ4n) is 1.84. The summed E-state index contributed by atoms with van der Waals surface area (Å²) in [5.41, 5.74) is 7.52. The highest BCUT2D eigenvalue weighted by Gasteiger charge is 2.16. The third-order valence-electron chi connectivity index (χ3n) is 2.79. The van der Waals surface area contributed by atoms with Gasteiger partial charge >= 0.3 is 5.97 Å². The lowest BCUT2D eigenvalue weighted by Crippen LogP contribution is -2.10. The maximum Gasteiger partial charge on any atom is 0.341 e. The predicted molar refractivity (Wildman–Crippen MR) is 73.6 cm³/mol. The van der Waals surface area contributed by atoms with Gasteiger partial charge in [-0.15, -0.1) is 0 Å². The minimum absolute atomic E-state index is 0.00615. The number of pyridine rings is 1. The molecule has 0 aliphatic carbocycles. The minimum Gasteiger partial charge on any atom is -0.456 e. The molecule has 0 amide bonds. The van der Waals surface area contributed by atoms with E-state index in [-0.39, 0.29) is 12.2 Å². The fourth-order valence-corrected chi connectivity index (χ4v) is 1.84. The standard InChI is InChI=1S/C15H15FN2O2/c1-9-6-11(17)7-13(14(9)16)15(19)20-8-12-5-3-4-10(2)18-12/h3-7H,8,17H2,1-2H3. The number of carbonyl (C=O) groups excluding carboxylic acids is 1. The van der Waals surface area contributed by atoms with Gasteiger partial charge in [-0.3, -0.25) is 4.98 Å². The van der Waals surface area contributed by atoms with E-state index in [1.165, 1.54) is 12.1 Å². The van der Waals surface area contributed by atoms with Crippen LogP contribution in [0, 0.1) is 19.7 Å². The van der Waals surface area contributed by atoms with Crippen molar-refractivity contribution in [3.05, 3.63) is 58.7 Å². The molecule has 2 N–H and O–H groups in total. The molecule has 2 aromatic rings. The summed E-state index contributed by atoms with van der Waals surface area (Å²) >= 11 is 0. The Balaban J connectivity index is 2.13. The maximum absolute atomic E-state index is 13.8. The second-order valence-corrected chi connectivity index (χ2v) is 4.55. The van der Waals surface area contributed by atoms with Gasteiger partial charge in [-0.2, -0.15) is 0 Å². The van der Waals surface area contributed by atoms with E-state index in [0.717, 1.165) is 5.69 Å². The van der Waals surface area contributed by atoms with E-state index in [1.54, 1.807) is 13.0 Å². The highest BCUT2D eigenvalue weighted by molar-refractivity contribution is 5.91. The monoisotopic (exact) mass is 274 g/mol. The number of carbonyl (C=O) groups is 1. The van der Waals surface area contributed by atoms with Crippen LogP contribution in [0.15, 0.2) is 30.3 Å². The lowest BCUT2D eigenvalue weighted by atomic mass is 10.1. The van der Waals surface area contributed by atoms with Crippen LogP contribution in [0.3, 0.4) is 0 Å². The predicted octanol–water partition coefficient (Wildman–Crippen LogP) is 2.78. The molecule has 0 unspecified atom stereocenters. The first-order valence-electron chi connectivity index (χ1n) is 6.12. The summed E-state index contributed by atoms with van der Waals surface area (Å²) in [5.74, 6) is -1.36. The largest absolute Gasteiger partial charge is 0.456 e. The van der Waals surface area contributed by atoms with Crippen LogP contribution in [-0.2, 0) is 11.3 Å². The van der Waals surface area contributed by atoms with Crippen LogP contribution in [0.2, 0.25) is 0 Å². The number of aryl methyl sites for hydroxylation is 2. The molecule has 0 saturated heterocycles. The Labute approximate surface area is 116 Å². The molecule has 5 heteroatoms. The lowest BCUT2D eigenvalue weighted by Gasteiger charge is -2.08. The number of benzene rings is 1. The second-order valence-electron chi connectivity index (χ2n) is 4.55. The molecule has 0 radical (unpaired) electrons. The van der Waals surface area contributed by atoms with Gasteiger partial charge in [-0.1, -0.05) is 6.07 Å². The summed E-state index contributed by atoms with van der Waals surface area (Å²) in [7, 11) is 0. The second kappa shape index (κ2) is 5.69. The number of nitrogen functional groups attached to an aromatic ring is 1. The van der Waals surface area contributed by atoms with Crippen molar-refractivity contribution in [3.8, 4) is 0 Å². The minimum atomic E-state index is -0.749. The average molecular weight is 274 g/mol. The highest BCUT2D eigenvalue weighted by atomic mass is 19.1. The zero-order chi connectivity index (χ0) is 14.7. The van der Waals surface area contributed by atoms with Gasteiger partial charge in [0.2, 0.25) is 0 Å². The van der Waals surface area contributed by atoms with Gasteiger partial charge in [0.25, 0.3) is 0 Å². The Bertz CT molecular complexity index is 656. The quantitative estimate of drug-likeness (QED) is 0.690. The number of esters is 1. The van der Waals surface area contributed by atoms with E-state index < -0.39 is 11.8 Å². The maximum atomic E-state index is 13.8. The summed E-state index contributed by atoms with van der Waals surface area (Å²) in [6, 6.07) is 8.13. The number of hydrogen-bond acceptors (Lipinski definition) is 4. The topological polar surface area (TPSA) is 65.2 Å². The Hall–Kier alpha value is -2.43. The van der Waals surface area contributed by atoms with Crippen LogP contribution in [0.1, 0.15) is 27.3 Å². The fraction of sp³-hybridized carbons (Fsp3) is 0.200. The molecule has 0 spiro atoms. The number of nitrogens with zero attached hydrogens (tertiary/aromatic N) is 1. The van der Waals surface area contributed by atoms with Gasteiger partial charge in [-0.05, 0) is 43.7 Å². The van der Waals surface area contributed by atoms with Crippen LogP contribution in [0.25, 0.3) is 0 Å². The first-order chi connectivity index (χ1) is 9.47. The van der Waals surface area contributed by atoms with Crippen LogP contribution in [0.4, 0.5) is 10.1 Å². The molecular formula is C15H15FN2O2. The zero-order valence-corrected chi connectivity index (χ0v) is 11.3. The molecule has 104 valence electrons. The van der Waals surface area contributed by atoms with E-state index in [1.807, 2.05) is 19.1 Å². The number of anilines is 1. The van der Waals surface area contributed by atoms with Crippen molar-refractivity contribution in [3.63, 3.8) is 0 Å². The molecule has 1 aromatic carbocycles. The molecule has 20 heavy (non-hydrogen) atoms. The van der Waals surface area contributed by atoms with Gasteiger partial charge < -0.3 is 10.5 Å². The summed E-state index contributed by atoms with van der Waals surface area (Å²) in [4.78, 5) is 16.1. The Morgan fingerprint density at radius 3 is 2.80 bits per heavy atom. The summed E-state index contributed by atoms with van der Waals surface area (Å²) in [6.45, 7) is 3.38. The van der Waals surface area contributed by atoms with Crippen LogP contribution in [0.5, 0.6) is 0 Å². The van der Waals surface area contributed by atoms with Crippen LogP contribution >= 0.6 is 0 Å². The summed E-state index contributed by atoms with van der Waals surface area (Å²) in [5, 5.41) is 0. The third kappa shape index (κ3) is 3.12. The molecule has 1 aromatic heterocycles. The van der Waals surface area contributed by atoms with E-state index in [2.05, 4.69) is 4.98 Å². The molecule has 4 nitrogen and oxygen atoms in total. The lowest BCUT2D eigenvalue weighted by molar-refractivity contribution is 0.0462. The van der Waals surface area contributed by atoms with Crippen molar-refractivity contribution >= 4 is 11.7 Å². The molecule has 0 fully saturated rings. The van der Waals surface area contributed by atoms with Crippen molar-refractivity contribution < 1.29 is 13.9 Å². The smallest absolute Gasteiger partial charge is 0.341 e. The summed E-state index contributed by atoms with van der Waals surface area (Å²) in [6.07, 6.45) is 0. The van der Waals surface area contributed by atoms with Gasteiger partial charge in [0.05, 0.1) is 11.3 Å². The number of ether oxygens (including phenoxy) is 1. The van der Waals surface area contributed by atoms with Crippen molar-refractivity contribution in [1.82, 2.24) is 4.98 Å². The van der Waals surface area contributed by atoms with Gasteiger partial charge in [0.1, 0.15) is 12.4 Å². The van der Waals surface area contributed by atoms with Crippen molar-refractivity contribution in [1.29, 1.82) is 0 Å². The molecule has 0 aliphatic rings. The van der Waals surface area contributed by atoms with Crippen molar-refractivity contribution in [2.45, 2.75) is 20.5 Å². The first-order valence-corrected chi connectivity index (χ1v) is 6.12.